The van der Waals surface area contributed by atoms with Crippen LogP contribution in [0.2, 0.25) is 5.02 Å². The highest BCUT2D eigenvalue weighted by Gasteiger charge is 2.24. The summed E-state index contributed by atoms with van der Waals surface area (Å²) >= 11 is 7.63. The number of aromatic carboxylic acids is 1. The Bertz CT molecular complexity index is 1510. The fraction of sp³-hybridized carbons (Fsp3) is 0.333. The van der Waals surface area contributed by atoms with Crippen LogP contribution in [0.3, 0.4) is 0 Å². The summed E-state index contributed by atoms with van der Waals surface area (Å²) in [4.78, 5) is 27.7. The summed E-state index contributed by atoms with van der Waals surface area (Å²) in [6.07, 6.45) is 5.91. The molecule has 4 aromatic rings. The number of ether oxygens (including phenoxy) is 2. The van der Waals surface area contributed by atoms with Gasteiger partial charge in [0.1, 0.15) is 12.4 Å². The third-order valence-electron chi connectivity index (χ3n) is 6.89. The number of hydrogen-bond donors (Lipinski definition) is 1. The number of benzene rings is 1. The SMILES string of the molecule is O=C(O)c1ccc2nc(CN3CC=C(c4csc(OCc5ncccc5Cl)n4)CC3)n(C[C@@H]3CCO3)c2c1. The molecule has 196 valence electrons. The number of nitrogens with zero attached hydrogens (tertiary/aromatic N) is 5. The third kappa shape index (κ3) is 5.30. The molecule has 6 rings (SSSR count). The summed E-state index contributed by atoms with van der Waals surface area (Å²) in [5.74, 6) is -0.0154. The van der Waals surface area contributed by atoms with Crippen LogP contribution < -0.4 is 4.74 Å². The number of carboxylic acids is 1. The molecule has 2 aliphatic heterocycles. The molecule has 1 aromatic carbocycles. The van der Waals surface area contributed by atoms with E-state index in [2.05, 4.69) is 25.5 Å². The van der Waals surface area contributed by atoms with Gasteiger partial charge in [-0.15, -0.1) is 0 Å². The first-order chi connectivity index (χ1) is 18.5. The number of rotatable bonds is 9. The zero-order chi connectivity index (χ0) is 26.1. The van der Waals surface area contributed by atoms with Crippen molar-refractivity contribution in [3.63, 3.8) is 0 Å². The molecular formula is C27H26ClN5O4S. The molecule has 0 aliphatic carbocycles. The number of aromatic nitrogens is 4. The standard InChI is InChI=1S/C27H26ClN5O4S/c28-20-2-1-8-29-22(20)15-37-27-31-23(16-38-27)17-5-9-32(10-6-17)14-25-30-21-4-3-18(26(34)35)12-24(21)33(25)13-19-7-11-36-19/h1-5,8,12,16,19H,6-7,9-11,13-15H2,(H,34,35)/t19-/m0/s1. The van der Waals surface area contributed by atoms with Crippen molar-refractivity contribution < 1.29 is 19.4 Å². The summed E-state index contributed by atoms with van der Waals surface area (Å²) in [5.41, 5.74) is 4.73. The van der Waals surface area contributed by atoms with E-state index < -0.39 is 5.97 Å². The highest BCUT2D eigenvalue weighted by Crippen LogP contribution is 2.29. The molecule has 11 heteroatoms. The largest absolute Gasteiger partial charge is 0.478 e. The lowest BCUT2D eigenvalue weighted by Crippen LogP contribution is -2.33. The van der Waals surface area contributed by atoms with Gasteiger partial charge < -0.3 is 19.1 Å². The first-order valence-electron chi connectivity index (χ1n) is 12.5. The van der Waals surface area contributed by atoms with Gasteiger partial charge in [0.2, 0.25) is 0 Å². The van der Waals surface area contributed by atoms with E-state index in [9.17, 15) is 9.90 Å². The van der Waals surface area contributed by atoms with E-state index in [0.717, 1.165) is 55.1 Å². The number of imidazole rings is 1. The average molecular weight is 552 g/mol. The lowest BCUT2D eigenvalue weighted by Gasteiger charge is -2.29. The van der Waals surface area contributed by atoms with Crippen LogP contribution in [0.4, 0.5) is 0 Å². The average Bonchev–Trinajstić information content (AvgIpc) is 3.50. The van der Waals surface area contributed by atoms with E-state index in [4.69, 9.17) is 26.1 Å². The molecule has 0 unspecified atom stereocenters. The number of carboxylic acid groups (broad SMARTS) is 1. The predicted molar refractivity (Wildman–Crippen MR) is 145 cm³/mol. The lowest BCUT2D eigenvalue weighted by atomic mass is 10.1. The van der Waals surface area contributed by atoms with E-state index in [0.29, 0.717) is 29.0 Å². The second-order valence-electron chi connectivity index (χ2n) is 9.36. The molecule has 5 heterocycles. The van der Waals surface area contributed by atoms with Gasteiger partial charge in [-0.25, -0.2) is 14.8 Å². The number of pyridine rings is 1. The molecule has 1 fully saturated rings. The van der Waals surface area contributed by atoms with Crippen LogP contribution >= 0.6 is 22.9 Å². The Morgan fingerprint density at radius 3 is 2.92 bits per heavy atom. The van der Waals surface area contributed by atoms with Gasteiger partial charge in [-0.3, -0.25) is 9.88 Å². The Labute approximate surface area is 228 Å². The number of hydrogen-bond acceptors (Lipinski definition) is 8. The number of halogens is 1. The molecular weight excluding hydrogens is 526 g/mol. The number of fused-ring (bicyclic) bond motifs is 1. The third-order valence-corrected chi connectivity index (χ3v) is 7.99. The van der Waals surface area contributed by atoms with Crippen molar-refractivity contribution in [3.05, 3.63) is 75.8 Å². The number of thiazole rings is 1. The van der Waals surface area contributed by atoms with E-state index in [1.165, 1.54) is 16.9 Å². The van der Waals surface area contributed by atoms with Crippen molar-refractivity contribution in [2.75, 3.05) is 19.7 Å². The maximum atomic E-state index is 11.5. The Kier molecular flexibility index (Phi) is 7.12. The second-order valence-corrected chi connectivity index (χ2v) is 10.6. The van der Waals surface area contributed by atoms with Crippen LogP contribution in [0.25, 0.3) is 16.6 Å². The Morgan fingerprint density at radius 1 is 1.29 bits per heavy atom. The van der Waals surface area contributed by atoms with E-state index in [1.807, 2.05) is 5.38 Å². The van der Waals surface area contributed by atoms with E-state index in [-0.39, 0.29) is 18.3 Å². The molecule has 0 radical (unpaired) electrons. The second kappa shape index (κ2) is 10.8. The van der Waals surface area contributed by atoms with E-state index in [1.54, 1.807) is 36.5 Å². The summed E-state index contributed by atoms with van der Waals surface area (Å²) in [6.45, 7) is 4.04. The molecule has 1 atom stereocenters. The van der Waals surface area contributed by atoms with Gasteiger partial charge >= 0.3 is 5.97 Å². The monoisotopic (exact) mass is 551 g/mol. The van der Waals surface area contributed by atoms with Crippen molar-refractivity contribution in [2.24, 2.45) is 0 Å². The molecule has 0 bridgehead atoms. The van der Waals surface area contributed by atoms with Gasteiger partial charge in [0.05, 0.1) is 52.2 Å². The Morgan fingerprint density at radius 2 is 2.18 bits per heavy atom. The van der Waals surface area contributed by atoms with Gasteiger partial charge in [-0.2, -0.15) is 0 Å². The van der Waals surface area contributed by atoms with Gasteiger partial charge in [0.15, 0.2) is 0 Å². The molecule has 9 nitrogen and oxygen atoms in total. The molecule has 1 N–H and O–H groups in total. The normalized spacial score (nSPS) is 17.8. The molecule has 1 saturated heterocycles. The molecule has 0 saturated carbocycles. The van der Waals surface area contributed by atoms with Crippen LogP contribution in [-0.2, 0) is 24.4 Å². The molecule has 3 aromatic heterocycles. The first-order valence-corrected chi connectivity index (χ1v) is 13.7. The van der Waals surface area contributed by atoms with Crippen LogP contribution in [0.1, 0.15) is 40.4 Å². The predicted octanol–water partition coefficient (Wildman–Crippen LogP) is 4.90. The maximum absolute atomic E-state index is 11.5. The summed E-state index contributed by atoms with van der Waals surface area (Å²) in [7, 11) is 0. The minimum absolute atomic E-state index is 0.141. The fourth-order valence-corrected chi connectivity index (χ4v) is 5.55. The van der Waals surface area contributed by atoms with Gasteiger partial charge in [0, 0.05) is 31.3 Å². The van der Waals surface area contributed by atoms with Crippen molar-refractivity contribution in [3.8, 4) is 5.19 Å². The smallest absolute Gasteiger partial charge is 0.335 e. The lowest BCUT2D eigenvalue weighted by molar-refractivity contribution is -0.0591. The summed E-state index contributed by atoms with van der Waals surface area (Å²) in [6, 6.07) is 8.70. The van der Waals surface area contributed by atoms with Gasteiger partial charge in [0.25, 0.3) is 5.19 Å². The highest BCUT2D eigenvalue weighted by molar-refractivity contribution is 7.11. The topological polar surface area (TPSA) is 103 Å². The molecule has 38 heavy (non-hydrogen) atoms. The molecule has 0 spiro atoms. The molecule has 0 amide bonds. The minimum Gasteiger partial charge on any atom is -0.478 e. The van der Waals surface area contributed by atoms with Crippen LogP contribution in [0.5, 0.6) is 5.19 Å². The zero-order valence-electron chi connectivity index (χ0n) is 20.5. The summed E-state index contributed by atoms with van der Waals surface area (Å²) < 4.78 is 13.6. The van der Waals surface area contributed by atoms with Crippen molar-refractivity contribution in [1.29, 1.82) is 0 Å². The highest BCUT2D eigenvalue weighted by atomic mass is 35.5. The fourth-order valence-electron chi connectivity index (χ4n) is 4.68. The zero-order valence-corrected chi connectivity index (χ0v) is 22.1. The number of carbonyl (C=O) groups is 1. The van der Waals surface area contributed by atoms with Crippen LogP contribution in [0.15, 0.2) is 48.0 Å². The Balaban J connectivity index is 1.14. The molecule has 2 aliphatic rings. The van der Waals surface area contributed by atoms with Crippen LogP contribution in [0, 0.1) is 0 Å². The van der Waals surface area contributed by atoms with Crippen molar-refractivity contribution in [2.45, 2.75) is 38.6 Å². The minimum atomic E-state index is -0.939. The summed E-state index contributed by atoms with van der Waals surface area (Å²) in [5, 5.41) is 12.7. The van der Waals surface area contributed by atoms with Gasteiger partial charge in [-0.1, -0.05) is 29.0 Å². The van der Waals surface area contributed by atoms with Crippen LogP contribution in [-0.4, -0.2) is 61.3 Å². The first kappa shape index (κ1) is 25.0. The van der Waals surface area contributed by atoms with E-state index >= 15 is 0 Å². The Hall–Kier alpha value is -3.31. The van der Waals surface area contributed by atoms with Crippen molar-refractivity contribution >= 4 is 45.5 Å². The van der Waals surface area contributed by atoms with Gasteiger partial charge in [-0.05, 0) is 48.7 Å². The quantitative estimate of drug-likeness (QED) is 0.313. The van der Waals surface area contributed by atoms with Crippen molar-refractivity contribution in [1.82, 2.24) is 24.4 Å². The maximum Gasteiger partial charge on any atom is 0.335 e.